The fourth-order valence-electron chi connectivity index (χ4n) is 4.33. The zero-order valence-electron chi connectivity index (χ0n) is 15.8. The summed E-state index contributed by atoms with van der Waals surface area (Å²) in [5.74, 6) is -1.04. The van der Waals surface area contributed by atoms with Crippen molar-refractivity contribution in [2.45, 2.75) is 19.3 Å². The fourth-order valence-corrected chi connectivity index (χ4v) is 4.33. The van der Waals surface area contributed by atoms with E-state index < -0.39 is 0 Å². The van der Waals surface area contributed by atoms with Crippen LogP contribution >= 0.6 is 0 Å². The molecule has 2 heterocycles. The number of carbonyl (C=O) groups is 3. The van der Waals surface area contributed by atoms with Gasteiger partial charge in [0.2, 0.25) is 17.7 Å². The molecule has 2 atom stereocenters. The number of nitrogens with one attached hydrogen (secondary N) is 1. The Morgan fingerprint density at radius 2 is 1.66 bits per heavy atom. The normalized spacial score (nSPS) is 21.2. The van der Waals surface area contributed by atoms with Gasteiger partial charge in [0.05, 0.1) is 11.8 Å². The minimum Gasteiger partial charge on any atom is -0.456 e. The first-order chi connectivity index (χ1) is 14.1. The number of hydrogen-bond acceptors (Lipinski definition) is 4. The molecule has 29 heavy (non-hydrogen) atoms. The van der Waals surface area contributed by atoms with Crippen LogP contribution in [0.5, 0.6) is 0 Å². The maximum absolute atomic E-state index is 12.5. The van der Waals surface area contributed by atoms with E-state index in [4.69, 9.17) is 4.42 Å². The topological polar surface area (TPSA) is 79.6 Å². The number of imide groups is 1. The van der Waals surface area contributed by atoms with E-state index >= 15 is 0 Å². The van der Waals surface area contributed by atoms with Gasteiger partial charge >= 0.3 is 0 Å². The average Bonchev–Trinajstić information content (AvgIpc) is 3.22. The average molecular weight is 388 g/mol. The Kier molecular flexibility index (Phi) is 4.19. The second-order valence-corrected chi connectivity index (χ2v) is 7.59. The summed E-state index contributed by atoms with van der Waals surface area (Å²) in [5.41, 5.74) is 2.22. The van der Waals surface area contributed by atoms with Crippen LogP contribution in [-0.4, -0.2) is 29.2 Å². The first-order valence-corrected chi connectivity index (χ1v) is 9.83. The molecule has 2 aliphatic rings. The monoisotopic (exact) mass is 388 g/mol. The van der Waals surface area contributed by atoms with E-state index in [9.17, 15) is 14.4 Å². The minimum atomic E-state index is -0.257. The van der Waals surface area contributed by atoms with E-state index in [1.54, 1.807) is 6.07 Å². The van der Waals surface area contributed by atoms with E-state index in [0.717, 1.165) is 21.9 Å². The first kappa shape index (κ1) is 17.7. The second kappa shape index (κ2) is 6.88. The molecule has 0 unspecified atom stereocenters. The highest BCUT2D eigenvalue weighted by molar-refractivity contribution is 6.07. The van der Waals surface area contributed by atoms with Gasteiger partial charge in [-0.05, 0) is 37.1 Å². The third-order valence-corrected chi connectivity index (χ3v) is 5.82. The van der Waals surface area contributed by atoms with E-state index in [1.807, 2.05) is 48.6 Å². The highest BCUT2D eigenvalue weighted by atomic mass is 16.3. The number of benzene rings is 2. The van der Waals surface area contributed by atoms with E-state index in [0.29, 0.717) is 18.5 Å². The summed E-state index contributed by atoms with van der Waals surface area (Å²) < 4.78 is 5.80. The highest BCUT2D eigenvalue weighted by Crippen LogP contribution is 2.35. The summed E-state index contributed by atoms with van der Waals surface area (Å²) >= 11 is 0. The molecule has 1 aromatic heterocycles. The quantitative estimate of drug-likeness (QED) is 0.544. The van der Waals surface area contributed by atoms with Crippen LogP contribution in [0.1, 0.15) is 19.3 Å². The number of likely N-dealkylation sites (tertiary alicyclic amines) is 1. The number of allylic oxidation sites excluding steroid dienone is 2. The number of hydrogen-bond donors (Lipinski definition) is 1. The molecule has 1 fully saturated rings. The van der Waals surface area contributed by atoms with Crippen LogP contribution in [-0.2, 0) is 14.4 Å². The van der Waals surface area contributed by atoms with Crippen molar-refractivity contribution < 1.29 is 18.8 Å². The molecule has 0 spiro atoms. The van der Waals surface area contributed by atoms with Crippen molar-refractivity contribution in [3.8, 4) is 0 Å². The molecule has 1 aliphatic heterocycles. The molecule has 2 aromatic carbocycles. The molecule has 6 heteroatoms. The Morgan fingerprint density at radius 1 is 0.966 bits per heavy atom. The van der Waals surface area contributed by atoms with Gasteiger partial charge < -0.3 is 9.73 Å². The molecule has 0 radical (unpaired) electrons. The summed E-state index contributed by atoms with van der Waals surface area (Å²) in [6.07, 6.45) is 5.21. The Labute approximate surface area is 167 Å². The lowest BCUT2D eigenvalue weighted by molar-refractivity contribution is -0.140. The van der Waals surface area contributed by atoms with Gasteiger partial charge in [0.15, 0.2) is 0 Å². The largest absolute Gasteiger partial charge is 0.456 e. The molecule has 1 N–H and O–H groups in total. The van der Waals surface area contributed by atoms with Gasteiger partial charge in [0, 0.05) is 29.4 Å². The number of anilines is 1. The van der Waals surface area contributed by atoms with Crippen molar-refractivity contribution in [1.29, 1.82) is 0 Å². The standard InChI is InChI=1S/C23H20N2O4/c26-21(11-12-25-22(27)16-6-1-2-7-17(16)23(25)28)24-14-9-10-20-18(13-14)15-5-3-4-8-19(15)29-20/h1-5,8-10,13,16-17H,6-7,11-12H2,(H,24,26)/t16-,17-/m1/s1. The third kappa shape index (κ3) is 3.01. The maximum Gasteiger partial charge on any atom is 0.233 e. The van der Waals surface area contributed by atoms with Crippen molar-refractivity contribution in [3.05, 3.63) is 54.6 Å². The lowest BCUT2D eigenvalue weighted by Crippen LogP contribution is -2.34. The molecular weight excluding hydrogens is 368 g/mol. The summed E-state index contributed by atoms with van der Waals surface area (Å²) in [6, 6.07) is 13.2. The minimum absolute atomic E-state index is 0.0779. The van der Waals surface area contributed by atoms with Crippen LogP contribution < -0.4 is 5.32 Å². The van der Waals surface area contributed by atoms with Crippen molar-refractivity contribution in [3.63, 3.8) is 0 Å². The molecule has 5 rings (SSSR count). The second-order valence-electron chi connectivity index (χ2n) is 7.59. The lowest BCUT2D eigenvalue weighted by Gasteiger charge is -2.14. The van der Waals surface area contributed by atoms with Crippen molar-refractivity contribution in [2.75, 3.05) is 11.9 Å². The van der Waals surface area contributed by atoms with Gasteiger partial charge in [-0.2, -0.15) is 0 Å². The van der Waals surface area contributed by atoms with Crippen LogP contribution in [0.3, 0.4) is 0 Å². The molecule has 0 saturated carbocycles. The maximum atomic E-state index is 12.5. The van der Waals surface area contributed by atoms with Gasteiger partial charge in [0.1, 0.15) is 11.2 Å². The first-order valence-electron chi connectivity index (χ1n) is 9.83. The van der Waals surface area contributed by atoms with Crippen LogP contribution in [0.4, 0.5) is 5.69 Å². The molecule has 1 aliphatic carbocycles. The Balaban J connectivity index is 1.27. The number of nitrogens with zero attached hydrogens (tertiary/aromatic N) is 1. The fraction of sp³-hybridized carbons (Fsp3) is 0.261. The Bertz CT molecular complexity index is 1150. The summed E-state index contributed by atoms with van der Waals surface area (Å²) in [6.45, 7) is 0.118. The molecule has 3 amide bonds. The van der Waals surface area contributed by atoms with Gasteiger partial charge in [-0.3, -0.25) is 19.3 Å². The van der Waals surface area contributed by atoms with Crippen molar-refractivity contribution >= 4 is 45.3 Å². The SMILES string of the molecule is O=C(CCN1C(=O)[C@@H]2CC=CC[C@H]2C1=O)Nc1ccc2oc3ccccc3c2c1. The van der Waals surface area contributed by atoms with E-state index in [2.05, 4.69) is 5.32 Å². The van der Waals surface area contributed by atoms with Crippen molar-refractivity contribution in [1.82, 2.24) is 4.90 Å². The molecular formula is C23H20N2O4. The van der Waals surface area contributed by atoms with Gasteiger partial charge in [0.25, 0.3) is 0 Å². The lowest BCUT2D eigenvalue weighted by atomic mass is 9.85. The molecule has 146 valence electrons. The van der Waals surface area contributed by atoms with Crippen LogP contribution in [0, 0.1) is 11.8 Å². The van der Waals surface area contributed by atoms with E-state index in [-0.39, 0.29) is 42.5 Å². The van der Waals surface area contributed by atoms with Gasteiger partial charge in [-0.15, -0.1) is 0 Å². The molecule has 0 bridgehead atoms. The number of furan rings is 1. The molecule has 3 aromatic rings. The van der Waals surface area contributed by atoms with Crippen LogP contribution in [0.2, 0.25) is 0 Å². The Hall–Kier alpha value is -3.41. The number of rotatable bonds is 4. The predicted octanol–water partition coefficient (Wildman–Crippen LogP) is 3.87. The van der Waals surface area contributed by atoms with Gasteiger partial charge in [-0.1, -0.05) is 30.4 Å². The van der Waals surface area contributed by atoms with Crippen LogP contribution in [0.25, 0.3) is 21.9 Å². The zero-order chi connectivity index (χ0) is 20.0. The zero-order valence-corrected chi connectivity index (χ0v) is 15.8. The van der Waals surface area contributed by atoms with Gasteiger partial charge in [-0.25, -0.2) is 0 Å². The number of amides is 3. The smallest absolute Gasteiger partial charge is 0.233 e. The summed E-state index contributed by atoms with van der Waals surface area (Å²) in [4.78, 5) is 38.7. The summed E-state index contributed by atoms with van der Waals surface area (Å²) in [7, 11) is 0. The molecule has 1 saturated heterocycles. The Morgan fingerprint density at radius 3 is 2.41 bits per heavy atom. The number of carbonyl (C=O) groups excluding carboxylic acids is 3. The highest BCUT2D eigenvalue weighted by Gasteiger charge is 2.46. The van der Waals surface area contributed by atoms with Crippen LogP contribution in [0.15, 0.2) is 59.0 Å². The predicted molar refractivity (Wildman–Crippen MR) is 109 cm³/mol. The van der Waals surface area contributed by atoms with E-state index in [1.165, 1.54) is 4.90 Å². The number of para-hydroxylation sites is 1. The third-order valence-electron chi connectivity index (χ3n) is 5.82. The number of fused-ring (bicyclic) bond motifs is 4. The summed E-state index contributed by atoms with van der Waals surface area (Å²) in [5, 5.41) is 4.78. The molecule has 6 nitrogen and oxygen atoms in total. The van der Waals surface area contributed by atoms with Crippen molar-refractivity contribution in [2.24, 2.45) is 11.8 Å².